The Morgan fingerprint density at radius 2 is 2.00 bits per heavy atom. The summed E-state index contributed by atoms with van der Waals surface area (Å²) in [6.45, 7) is 3.79. The van der Waals surface area contributed by atoms with Crippen molar-refractivity contribution in [3.05, 3.63) is 34.5 Å². The van der Waals surface area contributed by atoms with Crippen LogP contribution in [-0.4, -0.2) is 0 Å². The molecule has 0 radical (unpaired) electrons. The number of hydrogen-bond acceptors (Lipinski definition) is 1. The monoisotopic (exact) mass is 180 g/mol. The second-order valence-corrected chi connectivity index (χ2v) is 4.25. The van der Waals surface area contributed by atoms with E-state index in [1.54, 1.807) is 18.3 Å². The molecule has 0 spiro atoms. The van der Waals surface area contributed by atoms with E-state index in [1.807, 2.05) is 25.1 Å². The normalized spacial score (nSPS) is 10.9. The van der Waals surface area contributed by atoms with E-state index in [4.69, 9.17) is 0 Å². The molecule has 0 N–H and O–H groups in total. The van der Waals surface area contributed by atoms with Gasteiger partial charge in [-0.05, 0) is 31.5 Å². The highest BCUT2D eigenvalue weighted by molar-refractivity contribution is 7.19. The average Bonchev–Trinajstić information content (AvgIpc) is 2.39. The van der Waals surface area contributed by atoms with Crippen LogP contribution in [0.3, 0.4) is 0 Å². The fourth-order valence-corrected chi connectivity index (χ4v) is 2.23. The van der Waals surface area contributed by atoms with Gasteiger partial charge in [-0.15, -0.1) is 11.3 Å². The van der Waals surface area contributed by atoms with E-state index >= 15 is 0 Å². The Labute approximate surface area is 74.6 Å². The van der Waals surface area contributed by atoms with Crippen LogP contribution in [0.15, 0.2) is 18.2 Å². The molecule has 0 fully saturated rings. The number of thiophene rings is 1. The smallest absolute Gasteiger partial charge is 0.134 e. The molecule has 1 aromatic heterocycles. The van der Waals surface area contributed by atoms with Crippen molar-refractivity contribution < 1.29 is 4.39 Å². The van der Waals surface area contributed by atoms with Gasteiger partial charge in [0.15, 0.2) is 0 Å². The van der Waals surface area contributed by atoms with Gasteiger partial charge in [-0.25, -0.2) is 4.39 Å². The number of aryl methyl sites for hydroxylation is 2. The summed E-state index contributed by atoms with van der Waals surface area (Å²) in [6.07, 6.45) is 0. The van der Waals surface area contributed by atoms with Crippen LogP contribution in [0, 0.1) is 19.7 Å². The van der Waals surface area contributed by atoms with Crippen molar-refractivity contribution in [2.24, 2.45) is 0 Å². The largest absolute Gasteiger partial charge is 0.206 e. The number of benzene rings is 1. The first kappa shape index (κ1) is 7.74. The van der Waals surface area contributed by atoms with Gasteiger partial charge in [-0.2, -0.15) is 0 Å². The molecule has 62 valence electrons. The van der Waals surface area contributed by atoms with Crippen LogP contribution in [-0.2, 0) is 0 Å². The molecule has 1 aromatic carbocycles. The molecule has 0 amide bonds. The van der Waals surface area contributed by atoms with E-state index in [1.165, 1.54) is 0 Å². The van der Waals surface area contributed by atoms with Crippen molar-refractivity contribution in [2.75, 3.05) is 0 Å². The molecule has 0 saturated heterocycles. The summed E-state index contributed by atoms with van der Waals surface area (Å²) in [5.41, 5.74) is 0.723. The highest BCUT2D eigenvalue weighted by atomic mass is 32.1. The molecular formula is C10H9FS. The van der Waals surface area contributed by atoms with Crippen molar-refractivity contribution in [3.63, 3.8) is 0 Å². The topological polar surface area (TPSA) is 0 Å². The molecule has 0 saturated carbocycles. The summed E-state index contributed by atoms with van der Waals surface area (Å²) in [5.74, 6) is -0.0724. The fraction of sp³-hybridized carbons (Fsp3) is 0.200. The number of hydrogen-bond donors (Lipinski definition) is 0. The zero-order valence-electron chi connectivity index (χ0n) is 7.02. The lowest BCUT2D eigenvalue weighted by Crippen LogP contribution is -1.80. The maximum Gasteiger partial charge on any atom is 0.134 e. The maximum absolute atomic E-state index is 13.4. The third-order valence-electron chi connectivity index (χ3n) is 1.95. The third kappa shape index (κ3) is 1.03. The Balaban J connectivity index is 2.89. The number of rotatable bonds is 0. The third-order valence-corrected chi connectivity index (χ3v) is 2.97. The average molecular weight is 180 g/mol. The predicted octanol–water partition coefficient (Wildman–Crippen LogP) is 3.66. The van der Waals surface area contributed by atoms with E-state index in [0.29, 0.717) is 0 Å². The van der Waals surface area contributed by atoms with Crippen LogP contribution in [0.4, 0.5) is 4.39 Å². The van der Waals surface area contributed by atoms with E-state index in [0.717, 1.165) is 20.5 Å². The number of halogens is 1. The fourth-order valence-electron chi connectivity index (χ4n) is 1.31. The van der Waals surface area contributed by atoms with Gasteiger partial charge in [0.2, 0.25) is 0 Å². The Kier molecular flexibility index (Phi) is 1.65. The maximum atomic E-state index is 13.4. The van der Waals surface area contributed by atoms with Gasteiger partial charge in [0, 0.05) is 15.0 Å². The van der Waals surface area contributed by atoms with E-state index < -0.39 is 0 Å². The summed E-state index contributed by atoms with van der Waals surface area (Å²) < 4.78 is 14.5. The lowest BCUT2D eigenvalue weighted by molar-refractivity contribution is 0.631. The van der Waals surface area contributed by atoms with Gasteiger partial charge < -0.3 is 0 Å². The zero-order valence-corrected chi connectivity index (χ0v) is 7.83. The zero-order chi connectivity index (χ0) is 8.72. The quantitative estimate of drug-likeness (QED) is 0.580. The van der Waals surface area contributed by atoms with E-state index in [-0.39, 0.29) is 5.82 Å². The van der Waals surface area contributed by atoms with Gasteiger partial charge in [0.1, 0.15) is 5.82 Å². The molecule has 0 nitrogen and oxygen atoms in total. The Morgan fingerprint density at radius 1 is 1.25 bits per heavy atom. The summed E-state index contributed by atoms with van der Waals surface area (Å²) in [5, 5.41) is 0.762. The minimum atomic E-state index is -0.0724. The molecular weight excluding hydrogens is 171 g/mol. The molecule has 0 aliphatic heterocycles. The van der Waals surface area contributed by atoms with Gasteiger partial charge >= 0.3 is 0 Å². The minimum absolute atomic E-state index is 0.0724. The van der Waals surface area contributed by atoms with Crippen LogP contribution in [0.2, 0.25) is 0 Å². The second kappa shape index (κ2) is 2.56. The van der Waals surface area contributed by atoms with Crippen LogP contribution in [0.1, 0.15) is 10.4 Å². The molecule has 2 heteroatoms. The van der Waals surface area contributed by atoms with Crippen LogP contribution in [0.5, 0.6) is 0 Å². The first-order valence-electron chi connectivity index (χ1n) is 3.84. The van der Waals surface area contributed by atoms with Gasteiger partial charge in [0.25, 0.3) is 0 Å². The highest BCUT2D eigenvalue weighted by Gasteiger charge is 2.05. The summed E-state index contributed by atoms with van der Waals surface area (Å²) in [7, 11) is 0. The summed E-state index contributed by atoms with van der Waals surface area (Å²) >= 11 is 1.63. The molecule has 2 aromatic rings. The molecule has 1 heterocycles. The second-order valence-electron chi connectivity index (χ2n) is 2.97. The number of fused-ring (bicyclic) bond motifs is 1. The van der Waals surface area contributed by atoms with E-state index in [2.05, 4.69) is 0 Å². The first-order chi connectivity index (χ1) is 5.68. The highest BCUT2D eigenvalue weighted by Crippen LogP contribution is 2.28. The predicted molar refractivity (Wildman–Crippen MR) is 51.3 cm³/mol. The Hall–Kier alpha value is -0.890. The Morgan fingerprint density at radius 3 is 2.75 bits per heavy atom. The molecule has 0 aliphatic carbocycles. The van der Waals surface area contributed by atoms with Crippen molar-refractivity contribution in [2.45, 2.75) is 13.8 Å². The minimum Gasteiger partial charge on any atom is -0.206 e. The van der Waals surface area contributed by atoms with Gasteiger partial charge in [-0.1, -0.05) is 6.07 Å². The van der Waals surface area contributed by atoms with Gasteiger partial charge in [0.05, 0.1) is 0 Å². The van der Waals surface area contributed by atoms with Crippen molar-refractivity contribution in [1.82, 2.24) is 0 Å². The van der Waals surface area contributed by atoms with Gasteiger partial charge in [-0.3, -0.25) is 0 Å². The lowest BCUT2D eigenvalue weighted by Gasteiger charge is -1.95. The summed E-state index contributed by atoms with van der Waals surface area (Å²) in [6, 6.07) is 5.71. The van der Waals surface area contributed by atoms with Crippen molar-refractivity contribution in [1.29, 1.82) is 0 Å². The van der Waals surface area contributed by atoms with Crippen LogP contribution >= 0.6 is 11.3 Å². The molecule has 2 rings (SSSR count). The first-order valence-corrected chi connectivity index (χ1v) is 4.65. The molecule has 0 bridgehead atoms. The SMILES string of the molecule is Cc1cc2c(F)c(C)ccc2s1. The van der Waals surface area contributed by atoms with Crippen molar-refractivity contribution >= 4 is 21.4 Å². The van der Waals surface area contributed by atoms with E-state index in [9.17, 15) is 4.39 Å². The standard InChI is InChI=1S/C10H9FS/c1-6-3-4-9-8(10(6)11)5-7(2)12-9/h3-5H,1-2H3. The lowest BCUT2D eigenvalue weighted by atomic mass is 10.2. The molecule has 12 heavy (non-hydrogen) atoms. The molecule has 0 atom stereocenters. The molecule has 0 aliphatic rings. The van der Waals surface area contributed by atoms with Crippen molar-refractivity contribution in [3.8, 4) is 0 Å². The Bertz CT molecular complexity index is 429. The molecule has 0 unspecified atom stereocenters. The van der Waals surface area contributed by atoms with Crippen LogP contribution < -0.4 is 0 Å². The summed E-state index contributed by atoms with van der Waals surface area (Å²) in [4.78, 5) is 1.16. The van der Waals surface area contributed by atoms with Crippen LogP contribution in [0.25, 0.3) is 10.1 Å².